The molecule has 0 unspecified atom stereocenters. The van der Waals surface area contributed by atoms with Gasteiger partial charge in [-0.05, 0) is 17.7 Å². The van der Waals surface area contributed by atoms with Crippen LogP contribution in [0, 0.1) is 5.82 Å². The molecular weight excluding hydrogens is 181 g/mol. The number of aromatic nitrogens is 2. The number of nitrogens with two attached hydrogens (primary N) is 1. The molecule has 0 saturated carbocycles. The van der Waals surface area contributed by atoms with E-state index in [4.69, 9.17) is 5.73 Å². The quantitative estimate of drug-likeness (QED) is 0.784. The molecule has 2 N–H and O–H groups in total. The van der Waals surface area contributed by atoms with E-state index in [1.54, 1.807) is 29.2 Å². The van der Waals surface area contributed by atoms with Gasteiger partial charge in [-0.25, -0.2) is 9.37 Å². The highest BCUT2D eigenvalue weighted by Gasteiger charge is 1.98. The largest absolute Gasteiger partial charge is 0.384 e. The fourth-order valence-electron chi connectivity index (χ4n) is 1.25. The van der Waals surface area contributed by atoms with Crippen molar-refractivity contribution < 1.29 is 4.39 Å². The van der Waals surface area contributed by atoms with Crippen LogP contribution in [0.15, 0.2) is 36.8 Å². The third-order valence-corrected chi connectivity index (χ3v) is 2.01. The molecule has 0 aliphatic heterocycles. The Bertz CT molecular complexity index is 419. The first-order chi connectivity index (χ1) is 6.75. The van der Waals surface area contributed by atoms with Gasteiger partial charge in [-0.1, -0.05) is 12.1 Å². The lowest BCUT2D eigenvalue weighted by Gasteiger charge is -2.04. The Morgan fingerprint density at radius 2 is 2.00 bits per heavy atom. The van der Waals surface area contributed by atoms with Crippen LogP contribution < -0.4 is 5.73 Å². The van der Waals surface area contributed by atoms with Gasteiger partial charge in [0.25, 0.3) is 0 Å². The Morgan fingerprint density at radius 1 is 1.29 bits per heavy atom. The van der Waals surface area contributed by atoms with Crippen LogP contribution in [0.4, 0.5) is 10.2 Å². The summed E-state index contributed by atoms with van der Waals surface area (Å²) in [6, 6.07) is 6.33. The Hall–Kier alpha value is -1.84. The summed E-state index contributed by atoms with van der Waals surface area (Å²) in [6.07, 6.45) is 3.24. The minimum atomic E-state index is -0.229. The summed E-state index contributed by atoms with van der Waals surface area (Å²) in [4.78, 5) is 3.90. The van der Waals surface area contributed by atoms with Crippen molar-refractivity contribution in [1.82, 2.24) is 9.55 Å². The number of imidazole rings is 1. The summed E-state index contributed by atoms with van der Waals surface area (Å²) in [5.41, 5.74) is 6.64. The molecule has 0 spiro atoms. The van der Waals surface area contributed by atoms with Gasteiger partial charge >= 0.3 is 0 Å². The Morgan fingerprint density at radius 3 is 2.57 bits per heavy atom. The second-order valence-electron chi connectivity index (χ2n) is 3.07. The zero-order chi connectivity index (χ0) is 9.97. The van der Waals surface area contributed by atoms with E-state index < -0.39 is 0 Å². The minimum Gasteiger partial charge on any atom is -0.384 e. The Balaban J connectivity index is 2.19. The van der Waals surface area contributed by atoms with Crippen molar-refractivity contribution in [2.45, 2.75) is 6.54 Å². The minimum absolute atomic E-state index is 0.229. The molecule has 0 amide bonds. The molecule has 72 valence electrons. The second kappa shape index (κ2) is 3.49. The highest BCUT2D eigenvalue weighted by molar-refractivity contribution is 5.27. The maximum atomic E-state index is 12.6. The van der Waals surface area contributed by atoms with Crippen molar-refractivity contribution >= 4 is 5.82 Å². The van der Waals surface area contributed by atoms with Gasteiger partial charge < -0.3 is 10.3 Å². The molecule has 2 rings (SSSR count). The molecule has 1 aromatic carbocycles. The molecule has 3 nitrogen and oxygen atoms in total. The fourth-order valence-corrected chi connectivity index (χ4v) is 1.25. The van der Waals surface area contributed by atoms with Crippen LogP contribution in [0.2, 0.25) is 0 Å². The van der Waals surface area contributed by atoms with Gasteiger partial charge in [0, 0.05) is 0 Å². The fraction of sp³-hybridized carbons (Fsp3) is 0.100. The molecule has 0 bridgehead atoms. The van der Waals surface area contributed by atoms with E-state index in [1.807, 2.05) is 0 Å². The molecule has 0 aliphatic rings. The Kier molecular flexibility index (Phi) is 2.18. The Labute approximate surface area is 81.0 Å². The van der Waals surface area contributed by atoms with Crippen LogP contribution in [0.25, 0.3) is 0 Å². The van der Waals surface area contributed by atoms with Gasteiger partial charge in [0.05, 0.1) is 19.1 Å². The van der Waals surface area contributed by atoms with Crippen LogP contribution in [-0.4, -0.2) is 9.55 Å². The van der Waals surface area contributed by atoms with E-state index in [9.17, 15) is 4.39 Å². The standard InChI is InChI=1S/C10H10FN3/c11-9-3-1-8(2-4-9)6-14-7-13-5-10(14)12/h1-5,7H,6,12H2. The van der Waals surface area contributed by atoms with Crippen LogP contribution in [0.1, 0.15) is 5.56 Å². The topological polar surface area (TPSA) is 43.8 Å². The van der Waals surface area contributed by atoms with Crippen molar-refractivity contribution in [2.75, 3.05) is 5.73 Å². The summed E-state index contributed by atoms with van der Waals surface area (Å²) < 4.78 is 14.4. The van der Waals surface area contributed by atoms with Gasteiger partial charge in [0.15, 0.2) is 0 Å². The smallest absolute Gasteiger partial charge is 0.123 e. The highest BCUT2D eigenvalue weighted by Crippen LogP contribution is 2.08. The lowest BCUT2D eigenvalue weighted by molar-refractivity contribution is 0.626. The molecule has 1 heterocycles. The first-order valence-electron chi connectivity index (χ1n) is 4.26. The zero-order valence-corrected chi connectivity index (χ0v) is 7.52. The number of rotatable bonds is 2. The van der Waals surface area contributed by atoms with Crippen molar-refractivity contribution in [3.05, 3.63) is 48.2 Å². The first kappa shape index (κ1) is 8.74. The number of hydrogen-bond donors (Lipinski definition) is 1. The number of halogens is 1. The molecule has 4 heteroatoms. The third kappa shape index (κ3) is 1.74. The third-order valence-electron chi connectivity index (χ3n) is 2.01. The summed E-state index contributed by atoms with van der Waals surface area (Å²) in [7, 11) is 0. The molecule has 0 atom stereocenters. The van der Waals surface area contributed by atoms with Crippen LogP contribution in [-0.2, 0) is 6.54 Å². The molecule has 14 heavy (non-hydrogen) atoms. The summed E-state index contributed by atoms with van der Waals surface area (Å²) in [6.45, 7) is 0.617. The van der Waals surface area contributed by atoms with Gasteiger partial charge in [0.1, 0.15) is 11.6 Å². The van der Waals surface area contributed by atoms with Gasteiger partial charge in [-0.15, -0.1) is 0 Å². The second-order valence-corrected chi connectivity index (χ2v) is 3.07. The summed E-state index contributed by atoms with van der Waals surface area (Å²) in [5.74, 6) is 0.377. The number of anilines is 1. The average Bonchev–Trinajstić information content (AvgIpc) is 2.56. The first-order valence-corrected chi connectivity index (χ1v) is 4.26. The maximum Gasteiger partial charge on any atom is 0.123 e. The van der Waals surface area contributed by atoms with Crippen molar-refractivity contribution in [3.63, 3.8) is 0 Å². The molecule has 1 aromatic heterocycles. The zero-order valence-electron chi connectivity index (χ0n) is 7.52. The van der Waals surface area contributed by atoms with E-state index in [0.29, 0.717) is 12.4 Å². The molecule has 0 aliphatic carbocycles. The predicted molar refractivity (Wildman–Crippen MR) is 52.1 cm³/mol. The molecule has 0 fully saturated rings. The van der Waals surface area contributed by atoms with Crippen LogP contribution in [0.3, 0.4) is 0 Å². The van der Waals surface area contributed by atoms with E-state index in [0.717, 1.165) is 5.56 Å². The number of benzene rings is 1. The maximum absolute atomic E-state index is 12.6. The van der Waals surface area contributed by atoms with Crippen LogP contribution >= 0.6 is 0 Å². The lowest BCUT2D eigenvalue weighted by atomic mass is 10.2. The highest BCUT2D eigenvalue weighted by atomic mass is 19.1. The molecule has 2 aromatic rings. The summed E-state index contributed by atoms with van der Waals surface area (Å²) >= 11 is 0. The lowest BCUT2D eigenvalue weighted by Crippen LogP contribution is -2.02. The van der Waals surface area contributed by atoms with E-state index in [1.165, 1.54) is 12.1 Å². The average molecular weight is 191 g/mol. The normalized spacial score (nSPS) is 10.4. The SMILES string of the molecule is Nc1cncn1Cc1ccc(F)cc1. The molecular formula is C10H10FN3. The van der Waals surface area contributed by atoms with Crippen molar-refractivity contribution in [3.8, 4) is 0 Å². The summed E-state index contributed by atoms with van der Waals surface area (Å²) in [5, 5.41) is 0. The van der Waals surface area contributed by atoms with Crippen LogP contribution in [0.5, 0.6) is 0 Å². The van der Waals surface area contributed by atoms with Crippen molar-refractivity contribution in [1.29, 1.82) is 0 Å². The van der Waals surface area contributed by atoms with E-state index in [-0.39, 0.29) is 5.82 Å². The predicted octanol–water partition coefficient (Wildman–Crippen LogP) is 1.65. The van der Waals surface area contributed by atoms with Gasteiger partial charge in [0.2, 0.25) is 0 Å². The number of hydrogen-bond acceptors (Lipinski definition) is 2. The molecule has 0 radical (unpaired) electrons. The molecule has 0 saturated heterocycles. The van der Waals surface area contributed by atoms with E-state index in [2.05, 4.69) is 4.98 Å². The van der Waals surface area contributed by atoms with Gasteiger partial charge in [-0.2, -0.15) is 0 Å². The van der Waals surface area contributed by atoms with E-state index >= 15 is 0 Å². The van der Waals surface area contributed by atoms with Gasteiger partial charge in [-0.3, -0.25) is 0 Å². The van der Waals surface area contributed by atoms with Crippen molar-refractivity contribution in [2.24, 2.45) is 0 Å². The number of nitrogen functional groups attached to an aromatic ring is 1. The monoisotopic (exact) mass is 191 g/mol. The number of nitrogens with zero attached hydrogens (tertiary/aromatic N) is 2.